The van der Waals surface area contributed by atoms with Gasteiger partial charge in [0.2, 0.25) is 0 Å². The second-order valence-corrected chi connectivity index (χ2v) is 32.6. The van der Waals surface area contributed by atoms with Crippen LogP contribution in [0.5, 0.6) is 0 Å². The van der Waals surface area contributed by atoms with Gasteiger partial charge in [-0.2, -0.15) is 0 Å². The summed E-state index contributed by atoms with van der Waals surface area (Å²) in [4.78, 5) is 40.7. The van der Waals surface area contributed by atoms with Gasteiger partial charge in [-0.25, -0.2) is 0 Å². The Morgan fingerprint density at radius 1 is 0.430 bits per heavy atom. The first kappa shape index (κ1) is 66.9. The number of unbranched alkanes of at least 4 members (excludes halogenated alkanes) is 13. The van der Waals surface area contributed by atoms with Crippen molar-refractivity contribution < 1.29 is 9.59 Å². The van der Waals surface area contributed by atoms with Crippen LogP contribution in [0, 0.1) is 17.8 Å². The first-order chi connectivity index (χ1) is 45.2. The zero-order chi connectivity index (χ0) is 64.8. The molecule has 3 unspecified atom stereocenters. The molecule has 2 amide bonds. The molecule has 6 aromatic carbocycles. The van der Waals surface area contributed by atoms with Gasteiger partial charge in [0.05, 0.1) is 22.5 Å². The number of thiophene rings is 3. The van der Waals surface area contributed by atoms with Gasteiger partial charge in [-0.3, -0.25) is 9.59 Å². The maximum absolute atomic E-state index is 15.7. The van der Waals surface area contributed by atoms with Crippen LogP contribution >= 0.6 is 34.0 Å². The first-order valence-electron chi connectivity index (χ1n) is 36.6. The Morgan fingerprint density at radius 2 is 0.871 bits per heavy atom. The minimum atomic E-state index is -0.0345. The van der Waals surface area contributed by atoms with E-state index in [0.29, 0.717) is 24.2 Å². The average Bonchev–Trinajstić information content (AvgIpc) is 1.57. The number of benzene rings is 6. The number of carbonyl (C=O) groups is 2. The van der Waals surface area contributed by atoms with Gasteiger partial charge >= 0.3 is 0 Å². The second kappa shape index (κ2) is 29.9. The van der Waals surface area contributed by atoms with E-state index < -0.39 is 0 Å². The quantitative estimate of drug-likeness (QED) is 0.0385. The van der Waals surface area contributed by atoms with E-state index in [4.69, 9.17) is 0 Å². The highest BCUT2D eigenvalue weighted by Gasteiger charge is 2.49. The van der Waals surface area contributed by atoms with E-state index in [9.17, 15) is 0 Å². The number of rotatable bonds is 33. The predicted octanol–water partition coefficient (Wildman–Crippen LogP) is 26.2. The summed E-state index contributed by atoms with van der Waals surface area (Å²) in [5, 5.41) is 7.93. The van der Waals surface area contributed by atoms with E-state index in [1.54, 1.807) is 0 Å². The van der Waals surface area contributed by atoms with Gasteiger partial charge in [0.25, 0.3) is 11.8 Å². The molecular formula is C86H104N2O2S3. The van der Waals surface area contributed by atoms with E-state index in [2.05, 4.69) is 196 Å². The molecule has 0 saturated heterocycles. The molecule has 12 rings (SSSR count). The number of amides is 2. The van der Waals surface area contributed by atoms with Crippen LogP contribution in [0.1, 0.15) is 238 Å². The lowest BCUT2D eigenvalue weighted by atomic mass is 9.63. The molecular weight excluding hydrogens is 1190 g/mol. The number of hydrogen-bond acceptors (Lipinski definition) is 5. The summed E-state index contributed by atoms with van der Waals surface area (Å²) in [6.07, 6.45) is 29.8. The molecule has 1 saturated carbocycles. The van der Waals surface area contributed by atoms with Crippen LogP contribution in [0.4, 0.5) is 0 Å². The molecule has 9 aromatic rings. The standard InChI is InChI=1S/C86H104N2O2S3/c1-10-14-17-20-22-24-28-58(5)56-87-79(77-78(84(87)90)80(88(83(77)89)57-59(6)29-25-23-21-18-15-11-2)63-38-34-61(35-39-63)74-50-51-76(92-74)86(9,52-13-4)67-30-27-31-67)62-36-32-60(33-37-62)73-48-49-75(91-73)66-42-44-69-64(54-66)40-45-71-72-46-41-65-55-68(85(7,8)53-26-19-16-12-3)43-47-70(65)82(72)93-81(69)71/h32-51,54-55,58-59,67H,10-31,52-53,56-57H2,1-9H3. The Kier molecular flexibility index (Phi) is 21.5. The SMILES string of the molecule is CCCCCCCCC(C)CN1C(=O)C2=C(c3ccc(-c4ccc(C(C)(CCC)C5CCC5)s4)cc3)N(CC(C)CCCCCCCC)C(=O)C2=C1c1ccc(-c2ccc(-c3ccc4c(ccc5c6ccc7cc(C(C)(C)CCCCCC)ccc7c6sc45)c3)s2)cc1. The molecule has 0 radical (unpaired) electrons. The molecule has 4 nitrogen and oxygen atoms in total. The van der Waals surface area contributed by atoms with Crippen LogP contribution in [0.25, 0.3) is 84.4 Å². The van der Waals surface area contributed by atoms with Crippen molar-refractivity contribution in [1.82, 2.24) is 9.80 Å². The minimum absolute atomic E-state index is 0.0345. The lowest BCUT2D eigenvalue weighted by Gasteiger charge is -2.42. The van der Waals surface area contributed by atoms with Crippen molar-refractivity contribution in [2.75, 3.05) is 13.1 Å². The van der Waals surface area contributed by atoms with Crippen molar-refractivity contribution in [3.05, 3.63) is 166 Å². The molecule has 7 heteroatoms. The predicted molar refractivity (Wildman–Crippen MR) is 406 cm³/mol. The van der Waals surface area contributed by atoms with Crippen molar-refractivity contribution in [2.45, 2.75) is 227 Å². The Morgan fingerprint density at radius 3 is 1.39 bits per heavy atom. The molecule has 3 aromatic heterocycles. The van der Waals surface area contributed by atoms with Gasteiger partial charge in [0.15, 0.2) is 0 Å². The molecule has 0 N–H and O–H groups in total. The Bertz CT molecular complexity index is 4140. The highest BCUT2D eigenvalue weighted by molar-refractivity contribution is 7.27. The zero-order valence-corrected chi connectivity index (χ0v) is 60.2. The summed E-state index contributed by atoms with van der Waals surface area (Å²) in [5.41, 5.74) is 9.96. The normalized spacial score (nSPS) is 16.1. The summed E-state index contributed by atoms with van der Waals surface area (Å²) in [5.74, 6) is 1.24. The number of hydrogen-bond donors (Lipinski definition) is 0. The lowest BCUT2D eigenvalue weighted by Crippen LogP contribution is -2.35. The fourth-order valence-corrected chi connectivity index (χ4v) is 19.5. The van der Waals surface area contributed by atoms with Crippen LogP contribution in [-0.2, 0) is 20.4 Å². The monoisotopic (exact) mass is 1290 g/mol. The van der Waals surface area contributed by atoms with Gasteiger partial charge in [-0.05, 0) is 147 Å². The third kappa shape index (κ3) is 14.1. The van der Waals surface area contributed by atoms with Crippen LogP contribution in [0.2, 0.25) is 0 Å². The van der Waals surface area contributed by atoms with Gasteiger partial charge in [0, 0.05) is 58.2 Å². The van der Waals surface area contributed by atoms with Crippen LogP contribution in [0.15, 0.2) is 145 Å². The van der Waals surface area contributed by atoms with Crippen molar-refractivity contribution >= 4 is 98.9 Å². The maximum atomic E-state index is 15.7. The smallest absolute Gasteiger partial charge is 0.261 e. The van der Waals surface area contributed by atoms with E-state index in [1.807, 2.05) is 43.8 Å². The summed E-state index contributed by atoms with van der Waals surface area (Å²) in [6.45, 7) is 22.3. The average molecular weight is 1290 g/mol. The van der Waals surface area contributed by atoms with Crippen molar-refractivity contribution in [3.63, 3.8) is 0 Å². The Labute approximate surface area is 570 Å². The lowest BCUT2D eigenvalue weighted by molar-refractivity contribution is -0.124. The summed E-state index contributed by atoms with van der Waals surface area (Å²) in [6, 6.07) is 50.6. The van der Waals surface area contributed by atoms with Gasteiger partial charge in [-0.15, -0.1) is 34.0 Å². The second-order valence-electron chi connectivity index (χ2n) is 29.4. The van der Waals surface area contributed by atoms with Gasteiger partial charge in [-0.1, -0.05) is 281 Å². The zero-order valence-electron chi connectivity index (χ0n) is 57.8. The first-order valence-corrected chi connectivity index (χ1v) is 39.0. The molecule has 1 fully saturated rings. The molecule has 3 atom stereocenters. The molecule has 1 aliphatic carbocycles. The fourth-order valence-electron chi connectivity index (χ4n) is 15.9. The number of fused-ring (bicyclic) bond motifs is 8. The minimum Gasteiger partial charge on any atom is -0.307 e. The highest BCUT2D eigenvalue weighted by Crippen LogP contribution is 2.52. The van der Waals surface area contributed by atoms with E-state index in [0.717, 1.165) is 59.7 Å². The molecule has 0 bridgehead atoms. The summed E-state index contributed by atoms with van der Waals surface area (Å²) in [7, 11) is 0. The highest BCUT2D eigenvalue weighted by atomic mass is 32.1. The van der Waals surface area contributed by atoms with Crippen molar-refractivity contribution in [1.29, 1.82) is 0 Å². The molecule has 93 heavy (non-hydrogen) atoms. The van der Waals surface area contributed by atoms with Crippen molar-refractivity contribution in [2.24, 2.45) is 17.8 Å². The number of carbonyl (C=O) groups excluding carboxylic acids is 2. The van der Waals surface area contributed by atoms with E-state index in [1.165, 1.54) is 206 Å². The topological polar surface area (TPSA) is 40.6 Å². The molecule has 2 aliphatic heterocycles. The van der Waals surface area contributed by atoms with Gasteiger partial charge in [0.1, 0.15) is 0 Å². The van der Waals surface area contributed by atoms with Crippen LogP contribution in [-0.4, -0.2) is 34.7 Å². The largest absolute Gasteiger partial charge is 0.307 e. The fraction of sp³-hybridized carbons (Fsp3) is 0.465. The van der Waals surface area contributed by atoms with Crippen molar-refractivity contribution in [3.8, 4) is 31.3 Å². The van der Waals surface area contributed by atoms with Crippen LogP contribution in [0.3, 0.4) is 0 Å². The maximum Gasteiger partial charge on any atom is 0.261 e. The molecule has 0 spiro atoms. The van der Waals surface area contributed by atoms with Gasteiger partial charge < -0.3 is 9.80 Å². The third-order valence-electron chi connectivity index (χ3n) is 21.9. The van der Waals surface area contributed by atoms with E-state index in [-0.39, 0.29) is 34.5 Å². The Hall–Kier alpha value is -6.12. The third-order valence-corrected chi connectivity index (χ3v) is 25.7. The number of nitrogens with zero attached hydrogens (tertiary/aromatic N) is 2. The molecule has 3 aliphatic rings. The van der Waals surface area contributed by atoms with Crippen LogP contribution < -0.4 is 0 Å². The molecule has 488 valence electrons. The summed E-state index contributed by atoms with van der Waals surface area (Å²) < 4.78 is 2.73. The van der Waals surface area contributed by atoms with E-state index >= 15 is 9.59 Å². The molecule has 5 heterocycles. The Balaban J connectivity index is 0.848. The summed E-state index contributed by atoms with van der Waals surface area (Å²) >= 11 is 5.73.